The number of nitrogens with one attached hydrogen (secondary N) is 2. The molecule has 0 aliphatic carbocycles. The molecule has 0 spiro atoms. The number of benzene rings is 1. The first-order valence-corrected chi connectivity index (χ1v) is 13.7. The van der Waals surface area contributed by atoms with E-state index in [9.17, 15) is 19.2 Å². The molecule has 2 aromatic rings. The van der Waals surface area contributed by atoms with Crippen LogP contribution in [0.25, 0.3) is 11.4 Å². The van der Waals surface area contributed by atoms with Crippen LogP contribution in [-0.4, -0.2) is 96.4 Å². The number of amides is 2. The Kier molecular flexibility index (Phi) is 10.6. The third kappa shape index (κ3) is 8.69. The fraction of sp³-hybridized carbons (Fsp3) is 0.500. The Hall–Kier alpha value is -4.10. The zero-order valence-electron chi connectivity index (χ0n) is 23.2. The van der Waals surface area contributed by atoms with Crippen molar-refractivity contribution in [3.8, 4) is 17.3 Å². The Bertz CT molecular complexity index is 1220. The van der Waals surface area contributed by atoms with Crippen LogP contribution in [0.3, 0.4) is 0 Å². The molecule has 2 N–H and O–H groups in total. The van der Waals surface area contributed by atoms with Gasteiger partial charge in [-0.2, -0.15) is 4.98 Å². The molecule has 13 heteroatoms. The van der Waals surface area contributed by atoms with Crippen LogP contribution in [0.15, 0.2) is 36.4 Å². The van der Waals surface area contributed by atoms with E-state index in [1.54, 1.807) is 19.1 Å². The molecule has 3 heterocycles. The van der Waals surface area contributed by atoms with Crippen molar-refractivity contribution >= 4 is 23.9 Å². The van der Waals surface area contributed by atoms with Gasteiger partial charge >= 0.3 is 18.0 Å². The van der Waals surface area contributed by atoms with Crippen LogP contribution in [0.5, 0.6) is 5.88 Å². The molecule has 13 nitrogen and oxygen atoms in total. The van der Waals surface area contributed by atoms with Crippen molar-refractivity contribution in [2.45, 2.75) is 51.3 Å². The summed E-state index contributed by atoms with van der Waals surface area (Å²) in [6.45, 7) is 5.99. The van der Waals surface area contributed by atoms with Gasteiger partial charge in [-0.1, -0.05) is 30.3 Å². The number of carbonyl (C=O) groups is 4. The Balaban J connectivity index is 1.53. The number of esters is 2. The minimum atomic E-state index is -1.32. The highest BCUT2D eigenvalue weighted by Gasteiger charge is 2.30. The first kappa shape index (κ1) is 29.9. The molecule has 2 unspecified atom stereocenters. The van der Waals surface area contributed by atoms with Gasteiger partial charge in [-0.25, -0.2) is 14.6 Å². The molecule has 1 aromatic carbocycles. The van der Waals surface area contributed by atoms with Gasteiger partial charge in [0.2, 0.25) is 5.88 Å². The second-order valence-corrected chi connectivity index (χ2v) is 9.74. The lowest BCUT2D eigenvalue weighted by Crippen LogP contribution is -2.52. The maximum Gasteiger partial charge on any atom is 0.417 e. The monoisotopic (exact) mass is 569 g/mol. The number of piperazine rings is 1. The SMILES string of the molecule is CCOC(=O)CCC(NC(=O)c1cc(O[C@H]2CCOC2)nc(-c2ccccc2)n1)C(=O)OC(=O)N1CCNC(C)C1. The number of carbonyl (C=O) groups excluding carboxylic acids is 4. The number of rotatable bonds is 10. The zero-order valence-corrected chi connectivity index (χ0v) is 23.2. The molecule has 0 bridgehead atoms. The maximum atomic E-state index is 13.4. The van der Waals surface area contributed by atoms with Gasteiger partial charge < -0.3 is 34.5 Å². The second-order valence-electron chi connectivity index (χ2n) is 9.74. The van der Waals surface area contributed by atoms with Crippen molar-refractivity contribution in [1.82, 2.24) is 25.5 Å². The molecule has 3 atom stereocenters. The quantitative estimate of drug-likeness (QED) is 0.317. The summed E-state index contributed by atoms with van der Waals surface area (Å²) in [5.74, 6) is -1.85. The molecule has 2 amide bonds. The van der Waals surface area contributed by atoms with E-state index in [2.05, 4.69) is 20.6 Å². The molecule has 0 radical (unpaired) electrons. The average molecular weight is 570 g/mol. The van der Waals surface area contributed by atoms with Gasteiger partial charge in [-0.3, -0.25) is 9.59 Å². The fourth-order valence-corrected chi connectivity index (χ4v) is 4.39. The van der Waals surface area contributed by atoms with Gasteiger partial charge in [0.15, 0.2) is 5.82 Å². The molecule has 2 aliphatic heterocycles. The predicted molar refractivity (Wildman–Crippen MR) is 145 cm³/mol. The first-order chi connectivity index (χ1) is 19.8. The summed E-state index contributed by atoms with van der Waals surface area (Å²) in [4.78, 5) is 61.5. The van der Waals surface area contributed by atoms with Crippen molar-refractivity contribution in [1.29, 1.82) is 0 Å². The molecular weight excluding hydrogens is 534 g/mol. The van der Waals surface area contributed by atoms with Crippen molar-refractivity contribution in [2.75, 3.05) is 39.5 Å². The molecule has 2 saturated heterocycles. The number of hydrogen-bond acceptors (Lipinski definition) is 11. The highest BCUT2D eigenvalue weighted by Crippen LogP contribution is 2.22. The van der Waals surface area contributed by atoms with Gasteiger partial charge in [0, 0.05) is 50.1 Å². The van der Waals surface area contributed by atoms with E-state index in [4.69, 9.17) is 18.9 Å². The van der Waals surface area contributed by atoms with Crippen LogP contribution < -0.4 is 15.4 Å². The van der Waals surface area contributed by atoms with Crippen LogP contribution in [0.4, 0.5) is 4.79 Å². The number of nitrogens with zero attached hydrogens (tertiary/aromatic N) is 3. The van der Waals surface area contributed by atoms with E-state index < -0.39 is 30.0 Å². The lowest BCUT2D eigenvalue weighted by Gasteiger charge is -2.31. The highest BCUT2D eigenvalue weighted by atomic mass is 16.6. The minimum absolute atomic E-state index is 0.0366. The molecular formula is C28H35N5O8. The molecule has 2 aliphatic rings. The smallest absolute Gasteiger partial charge is 0.417 e. The Morgan fingerprint density at radius 2 is 2.00 bits per heavy atom. The van der Waals surface area contributed by atoms with Crippen LogP contribution >= 0.6 is 0 Å². The van der Waals surface area contributed by atoms with Gasteiger partial charge in [0.05, 0.1) is 19.8 Å². The Labute approximate surface area is 237 Å². The minimum Gasteiger partial charge on any atom is -0.472 e. The normalized spacial score (nSPS) is 19.2. The van der Waals surface area contributed by atoms with Crippen molar-refractivity contribution in [3.05, 3.63) is 42.1 Å². The van der Waals surface area contributed by atoms with Gasteiger partial charge in [-0.05, 0) is 20.3 Å². The summed E-state index contributed by atoms with van der Waals surface area (Å²) in [7, 11) is 0. The fourth-order valence-electron chi connectivity index (χ4n) is 4.39. The summed E-state index contributed by atoms with van der Waals surface area (Å²) in [5.41, 5.74) is 0.591. The molecule has 4 rings (SSSR count). The van der Waals surface area contributed by atoms with Gasteiger partial charge in [0.1, 0.15) is 17.8 Å². The molecule has 1 aromatic heterocycles. The topological polar surface area (TPSA) is 158 Å². The summed E-state index contributed by atoms with van der Waals surface area (Å²) in [5, 5.41) is 5.78. The third-order valence-electron chi connectivity index (χ3n) is 6.49. The third-order valence-corrected chi connectivity index (χ3v) is 6.49. The average Bonchev–Trinajstić information content (AvgIpc) is 3.48. The van der Waals surface area contributed by atoms with Crippen LogP contribution in [0.1, 0.15) is 43.6 Å². The second kappa shape index (κ2) is 14.5. The van der Waals surface area contributed by atoms with E-state index in [1.165, 1.54) is 11.0 Å². The van der Waals surface area contributed by atoms with Crippen LogP contribution in [-0.2, 0) is 23.8 Å². The van der Waals surface area contributed by atoms with Crippen LogP contribution in [0.2, 0.25) is 0 Å². The molecule has 41 heavy (non-hydrogen) atoms. The predicted octanol–water partition coefficient (Wildman–Crippen LogP) is 1.71. The van der Waals surface area contributed by atoms with E-state index in [0.717, 1.165) is 0 Å². The molecule has 2 fully saturated rings. The van der Waals surface area contributed by atoms with Gasteiger partial charge in [-0.15, -0.1) is 0 Å². The van der Waals surface area contributed by atoms with Crippen molar-refractivity contribution < 1.29 is 38.1 Å². The van der Waals surface area contributed by atoms with Crippen molar-refractivity contribution in [2.24, 2.45) is 0 Å². The van der Waals surface area contributed by atoms with E-state index in [1.807, 2.05) is 25.1 Å². The highest BCUT2D eigenvalue weighted by molar-refractivity contribution is 5.97. The molecule has 0 saturated carbocycles. The summed E-state index contributed by atoms with van der Waals surface area (Å²) in [6.07, 6.45) is -0.693. The number of hydrogen-bond donors (Lipinski definition) is 2. The summed E-state index contributed by atoms with van der Waals surface area (Å²) in [6, 6.07) is 9.15. The Morgan fingerprint density at radius 3 is 2.71 bits per heavy atom. The van der Waals surface area contributed by atoms with Crippen molar-refractivity contribution in [3.63, 3.8) is 0 Å². The van der Waals surface area contributed by atoms with E-state index >= 15 is 0 Å². The summed E-state index contributed by atoms with van der Waals surface area (Å²) >= 11 is 0. The van der Waals surface area contributed by atoms with E-state index in [0.29, 0.717) is 44.8 Å². The number of ether oxygens (including phenoxy) is 4. The summed E-state index contributed by atoms with van der Waals surface area (Å²) < 4.78 is 21.4. The number of aromatic nitrogens is 2. The van der Waals surface area contributed by atoms with Crippen LogP contribution in [0, 0.1) is 0 Å². The van der Waals surface area contributed by atoms with Gasteiger partial charge in [0.25, 0.3) is 5.91 Å². The zero-order chi connectivity index (χ0) is 29.2. The standard InChI is InChI=1S/C28H35N5O8/c1-3-39-24(34)10-9-21(27(36)41-28(37)33-13-12-29-18(2)16-33)31-26(35)22-15-23(40-20-11-14-38-17-20)32-25(30-22)19-7-5-4-6-8-19/h4-8,15,18,20-21,29H,3,9-14,16-17H2,1-2H3,(H,31,35)/t18?,20-,21?/m0/s1. The van der Waals surface area contributed by atoms with E-state index in [-0.39, 0.29) is 49.0 Å². The largest absolute Gasteiger partial charge is 0.472 e. The Morgan fingerprint density at radius 1 is 1.20 bits per heavy atom. The molecule has 220 valence electrons. The lowest BCUT2D eigenvalue weighted by molar-refractivity contribution is -0.144. The maximum absolute atomic E-state index is 13.4. The first-order valence-electron chi connectivity index (χ1n) is 13.7. The lowest BCUT2D eigenvalue weighted by atomic mass is 10.1.